The lowest BCUT2D eigenvalue weighted by molar-refractivity contribution is 0.0399. The molecule has 0 heterocycles. The van der Waals surface area contributed by atoms with Gasteiger partial charge in [0.15, 0.2) is 0 Å². The van der Waals surface area contributed by atoms with Crippen LogP contribution < -0.4 is 0 Å². The molecule has 0 amide bonds. The van der Waals surface area contributed by atoms with Gasteiger partial charge in [0.2, 0.25) is 0 Å². The predicted octanol–water partition coefficient (Wildman–Crippen LogP) is 4.02. The molecular formula is C14H26O. The Morgan fingerprint density at radius 1 is 0.733 bits per heavy atom. The molecule has 1 heteroatoms. The summed E-state index contributed by atoms with van der Waals surface area (Å²) in [5.41, 5.74) is 0. The molecule has 0 aromatic heterocycles. The Hall–Kier alpha value is -0.0400. The average Bonchev–Trinajstić information content (AvgIpc) is 2.30. The van der Waals surface area contributed by atoms with E-state index in [1.165, 1.54) is 51.4 Å². The molecule has 88 valence electrons. The average molecular weight is 210 g/mol. The standard InChI is InChI=1S/C14H26O/c1-11-3-5-12(6-4-11)13-7-9-14(15-2)10-8-13/h11-14H,3-10H2,1-2H3. The number of rotatable bonds is 2. The van der Waals surface area contributed by atoms with E-state index in [-0.39, 0.29) is 0 Å². The van der Waals surface area contributed by atoms with E-state index in [1.807, 2.05) is 7.11 Å². The summed E-state index contributed by atoms with van der Waals surface area (Å²) in [5.74, 6) is 3.08. The molecule has 2 rings (SSSR count). The lowest BCUT2D eigenvalue weighted by Gasteiger charge is -2.36. The summed E-state index contributed by atoms with van der Waals surface area (Å²) in [4.78, 5) is 0. The van der Waals surface area contributed by atoms with Crippen LogP contribution in [0.1, 0.15) is 58.3 Å². The van der Waals surface area contributed by atoms with Crippen molar-refractivity contribution in [3.05, 3.63) is 0 Å². The van der Waals surface area contributed by atoms with Crippen molar-refractivity contribution in [3.63, 3.8) is 0 Å². The fourth-order valence-corrected chi connectivity index (χ4v) is 3.55. The number of hydrogen-bond acceptors (Lipinski definition) is 1. The lowest BCUT2D eigenvalue weighted by atomic mass is 9.71. The summed E-state index contributed by atoms with van der Waals surface area (Å²) in [6.45, 7) is 2.41. The Morgan fingerprint density at radius 3 is 1.67 bits per heavy atom. The minimum Gasteiger partial charge on any atom is -0.381 e. The van der Waals surface area contributed by atoms with Crippen molar-refractivity contribution in [2.75, 3.05) is 7.11 Å². The highest BCUT2D eigenvalue weighted by atomic mass is 16.5. The van der Waals surface area contributed by atoms with E-state index in [4.69, 9.17) is 4.74 Å². The molecule has 0 aliphatic heterocycles. The van der Waals surface area contributed by atoms with Crippen LogP contribution in [0.25, 0.3) is 0 Å². The normalized spacial score (nSPS) is 42.8. The van der Waals surface area contributed by atoms with Crippen LogP contribution in [0.5, 0.6) is 0 Å². The minimum absolute atomic E-state index is 0.573. The fraction of sp³-hybridized carbons (Fsp3) is 1.00. The van der Waals surface area contributed by atoms with Gasteiger partial charge in [-0.1, -0.05) is 19.8 Å². The molecule has 0 unspecified atom stereocenters. The highest BCUT2D eigenvalue weighted by Gasteiger charge is 2.29. The Balaban J connectivity index is 1.75. The molecule has 0 bridgehead atoms. The van der Waals surface area contributed by atoms with Crippen molar-refractivity contribution < 1.29 is 4.74 Å². The maximum atomic E-state index is 5.44. The maximum absolute atomic E-state index is 5.44. The van der Waals surface area contributed by atoms with Crippen LogP contribution in [0.4, 0.5) is 0 Å². The Labute approximate surface area is 94.6 Å². The lowest BCUT2D eigenvalue weighted by Crippen LogP contribution is -2.27. The zero-order chi connectivity index (χ0) is 10.7. The molecule has 2 fully saturated rings. The monoisotopic (exact) mass is 210 g/mol. The number of ether oxygens (including phenoxy) is 1. The molecule has 0 aromatic carbocycles. The van der Waals surface area contributed by atoms with Gasteiger partial charge in [-0.3, -0.25) is 0 Å². The van der Waals surface area contributed by atoms with Crippen molar-refractivity contribution in [2.24, 2.45) is 17.8 Å². The zero-order valence-corrected chi connectivity index (χ0v) is 10.4. The molecule has 0 saturated heterocycles. The molecule has 2 saturated carbocycles. The van der Waals surface area contributed by atoms with E-state index in [9.17, 15) is 0 Å². The van der Waals surface area contributed by atoms with Crippen LogP contribution in [-0.2, 0) is 4.74 Å². The van der Waals surface area contributed by atoms with E-state index in [0.29, 0.717) is 6.10 Å². The van der Waals surface area contributed by atoms with Gasteiger partial charge >= 0.3 is 0 Å². The van der Waals surface area contributed by atoms with Gasteiger partial charge in [-0.2, -0.15) is 0 Å². The Morgan fingerprint density at radius 2 is 1.20 bits per heavy atom. The highest BCUT2D eigenvalue weighted by Crippen LogP contribution is 2.40. The Bertz CT molecular complexity index is 174. The molecule has 0 aromatic rings. The third-order valence-electron chi connectivity index (χ3n) is 4.78. The third-order valence-corrected chi connectivity index (χ3v) is 4.78. The fourth-order valence-electron chi connectivity index (χ4n) is 3.55. The van der Waals surface area contributed by atoms with Gasteiger partial charge in [-0.05, 0) is 56.3 Å². The first-order valence-electron chi connectivity index (χ1n) is 6.82. The van der Waals surface area contributed by atoms with E-state index >= 15 is 0 Å². The van der Waals surface area contributed by atoms with Crippen LogP contribution >= 0.6 is 0 Å². The first kappa shape index (κ1) is 11.4. The molecule has 2 aliphatic carbocycles. The van der Waals surface area contributed by atoms with Crippen molar-refractivity contribution in [3.8, 4) is 0 Å². The van der Waals surface area contributed by atoms with Crippen LogP contribution in [-0.4, -0.2) is 13.2 Å². The van der Waals surface area contributed by atoms with Crippen LogP contribution in [0.2, 0.25) is 0 Å². The first-order valence-corrected chi connectivity index (χ1v) is 6.82. The summed E-state index contributed by atoms with van der Waals surface area (Å²) >= 11 is 0. The summed E-state index contributed by atoms with van der Waals surface area (Å²) in [7, 11) is 1.87. The van der Waals surface area contributed by atoms with Crippen molar-refractivity contribution >= 4 is 0 Å². The molecule has 0 atom stereocenters. The minimum atomic E-state index is 0.573. The van der Waals surface area contributed by atoms with E-state index in [2.05, 4.69) is 6.92 Å². The summed E-state index contributed by atoms with van der Waals surface area (Å²) in [6, 6.07) is 0. The molecular weight excluding hydrogens is 184 g/mol. The first-order chi connectivity index (χ1) is 7.29. The zero-order valence-electron chi connectivity index (χ0n) is 10.4. The van der Waals surface area contributed by atoms with Gasteiger partial charge in [0.25, 0.3) is 0 Å². The van der Waals surface area contributed by atoms with Crippen LogP contribution in [0.3, 0.4) is 0 Å². The summed E-state index contributed by atoms with van der Waals surface area (Å²) in [6.07, 6.45) is 12.0. The second-order valence-electron chi connectivity index (χ2n) is 5.79. The predicted molar refractivity (Wildman–Crippen MR) is 63.9 cm³/mol. The third kappa shape index (κ3) is 2.96. The van der Waals surface area contributed by atoms with Gasteiger partial charge in [-0.15, -0.1) is 0 Å². The Kier molecular flexibility index (Phi) is 4.07. The van der Waals surface area contributed by atoms with Crippen molar-refractivity contribution in [2.45, 2.75) is 64.4 Å². The van der Waals surface area contributed by atoms with Gasteiger partial charge in [-0.25, -0.2) is 0 Å². The van der Waals surface area contributed by atoms with Gasteiger partial charge in [0.05, 0.1) is 6.10 Å². The molecule has 2 aliphatic rings. The second kappa shape index (κ2) is 5.34. The summed E-state index contributed by atoms with van der Waals surface area (Å²) < 4.78 is 5.44. The molecule has 0 spiro atoms. The molecule has 1 nitrogen and oxygen atoms in total. The van der Waals surface area contributed by atoms with Crippen LogP contribution in [0, 0.1) is 17.8 Å². The SMILES string of the molecule is COC1CCC(C2CCC(C)CC2)CC1. The maximum Gasteiger partial charge on any atom is 0.0571 e. The van der Waals surface area contributed by atoms with Gasteiger partial charge < -0.3 is 4.74 Å². The quantitative estimate of drug-likeness (QED) is 0.669. The smallest absolute Gasteiger partial charge is 0.0571 e. The largest absolute Gasteiger partial charge is 0.381 e. The molecule has 0 N–H and O–H groups in total. The topological polar surface area (TPSA) is 9.23 Å². The number of hydrogen-bond donors (Lipinski definition) is 0. The van der Waals surface area contributed by atoms with E-state index in [0.717, 1.165) is 17.8 Å². The molecule has 15 heavy (non-hydrogen) atoms. The second-order valence-corrected chi connectivity index (χ2v) is 5.79. The molecule has 0 radical (unpaired) electrons. The van der Waals surface area contributed by atoms with Crippen molar-refractivity contribution in [1.82, 2.24) is 0 Å². The van der Waals surface area contributed by atoms with Crippen molar-refractivity contribution in [1.29, 1.82) is 0 Å². The summed E-state index contributed by atoms with van der Waals surface area (Å²) in [5, 5.41) is 0. The highest BCUT2D eigenvalue weighted by molar-refractivity contribution is 4.81. The van der Waals surface area contributed by atoms with E-state index < -0.39 is 0 Å². The van der Waals surface area contributed by atoms with Gasteiger partial charge in [0, 0.05) is 7.11 Å². The van der Waals surface area contributed by atoms with Crippen LogP contribution in [0.15, 0.2) is 0 Å². The number of methoxy groups -OCH3 is 1. The van der Waals surface area contributed by atoms with E-state index in [1.54, 1.807) is 0 Å². The van der Waals surface area contributed by atoms with Gasteiger partial charge in [0.1, 0.15) is 0 Å².